The van der Waals surface area contributed by atoms with Crippen LogP contribution in [-0.2, 0) is 17.9 Å². The van der Waals surface area contributed by atoms with E-state index < -0.39 is 0 Å². The molecule has 184 valence electrons. The van der Waals surface area contributed by atoms with Crippen LogP contribution in [0.4, 0.5) is 0 Å². The van der Waals surface area contributed by atoms with E-state index in [1.54, 1.807) is 16.2 Å². The summed E-state index contributed by atoms with van der Waals surface area (Å²) in [5.41, 5.74) is 3.83. The summed E-state index contributed by atoms with van der Waals surface area (Å²) in [4.78, 5) is 31.8. The summed E-state index contributed by atoms with van der Waals surface area (Å²) in [5.74, 6) is 0.0693. The van der Waals surface area contributed by atoms with Crippen LogP contribution in [-0.4, -0.2) is 34.7 Å². The molecule has 0 bridgehead atoms. The average Bonchev–Trinajstić information content (AvgIpc) is 3.42. The fourth-order valence-electron chi connectivity index (χ4n) is 4.17. The second-order valence-electron chi connectivity index (χ2n) is 9.34. The molecule has 0 N–H and O–H groups in total. The lowest BCUT2D eigenvalue weighted by Crippen LogP contribution is -2.43. The van der Waals surface area contributed by atoms with Crippen LogP contribution in [0, 0.1) is 5.92 Å². The van der Waals surface area contributed by atoms with Gasteiger partial charge in [-0.05, 0) is 46.2 Å². The quantitative estimate of drug-likeness (QED) is 0.244. The molecule has 0 fully saturated rings. The summed E-state index contributed by atoms with van der Waals surface area (Å²) in [7, 11) is 0. The van der Waals surface area contributed by atoms with Gasteiger partial charge in [0.1, 0.15) is 6.54 Å². The number of hydrogen-bond donors (Lipinski definition) is 0. The van der Waals surface area contributed by atoms with Gasteiger partial charge in [0.15, 0.2) is 0 Å². The SMILES string of the molecule is CC(C)CN(CC(=O)N(Cc1ccccc1)Cc1cccs1)C(=O)c1ccc(-c2ccccc2)cc1. The van der Waals surface area contributed by atoms with Crippen LogP contribution in [0.15, 0.2) is 102 Å². The topological polar surface area (TPSA) is 40.6 Å². The average molecular weight is 497 g/mol. The van der Waals surface area contributed by atoms with Crippen molar-refractivity contribution in [3.05, 3.63) is 118 Å². The van der Waals surface area contributed by atoms with Crippen LogP contribution in [0.5, 0.6) is 0 Å². The van der Waals surface area contributed by atoms with Gasteiger partial charge in [-0.25, -0.2) is 0 Å². The molecule has 4 rings (SSSR count). The van der Waals surface area contributed by atoms with Crippen molar-refractivity contribution in [2.45, 2.75) is 26.9 Å². The number of carbonyl (C=O) groups is 2. The van der Waals surface area contributed by atoms with Crippen LogP contribution >= 0.6 is 11.3 Å². The Labute approximate surface area is 217 Å². The van der Waals surface area contributed by atoms with E-state index in [-0.39, 0.29) is 24.3 Å². The van der Waals surface area contributed by atoms with Crippen molar-refractivity contribution in [3.63, 3.8) is 0 Å². The Morgan fingerprint density at radius 2 is 1.36 bits per heavy atom. The minimum atomic E-state index is -0.118. The molecule has 3 aromatic carbocycles. The van der Waals surface area contributed by atoms with Crippen molar-refractivity contribution in [2.75, 3.05) is 13.1 Å². The second-order valence-corrected chi connectivity index (χ2v) is 10.4. The van der Waals surface area contributed by atoms with Gasteiger partial charge < -0.3 is 9.80 Å². The number of thiophene rings is 1. The van der Waals surface area contributed by atoms with E-state index in [9.17, 15) is 9.59 Å². The Hall–Kier alpha value is -3.70. The maximum Gasteiger partial charge on any atom is 0.254 e. The molecule has 4 aromatic rings. The monoisotopic (exact) mass is 496 g/mol. The fraction of sp³-hybridized carbons (Fsp3) is 0.226. The van der Waals surface area contributed by atoms with Gasteiger partial charge in [-0.2, -0.15) is 0 Å². The highest BCUT2D eigenvalue weighted by atomic mass is 32.1. The van der Waals surface area contributed by atoms with Crippen LogP contribution in [0.1, 0.15) is 34.6 Å². The first-order valence-corrected chi connectivity index (χ1v) is 13.2. The van der Waals surface area contributed by atoms with Crippen LogP contribution in [0.3, 0.4) is 0 Å². The zero-order valence-electron chi connectivity index (χ0n) is 20.8. The Morgan fingerprint density at radius 3 is 1.97 bits per heavy atom. The number of carbonyl (C=O) groups excluding carboxylic acids is 2. The molecule has 0 saturated heterocycles. The molecule has 5 heteroatoms. The molecule has 0 aliphatic rings. The molecule has 0 aliphatic heterocycles. The molecule has 0 radical (unpaired) electrons. The third-order valence-corrected chi connectivity index (χ3v) is 6.79. The molecule has 36 heavy (non-hydrogen) atoms. The van der Waals surface area contributed by atoms with Crippen LogP contribution in [0.2, 0.25) is 0 Å². The third kappa shape index (κ3) is 6.92. The van der Waals surface area contributed by atoms with Gasteiger partial charge in [0.25, 0.3) is 5.91 Å². The van der Waals surface area contributed by atoms with Gasteiger partial charge in [0, 0.05) is 23.5 Å². The largest absolute Gasteiger partial charge is 0.332 e. The molecule has 0 spiro atoms. The zero-order chi connectivity index (χ0) is 25.3. The highest BCUT2D eigenvalue weighted by Crippen LogP contribution is 2.21. The minimum Gasteiger partial charge on any atom is -0.332 e. The number of amides is 2. The molecular formula is C31H32N2O2S. The number of nitrogens with zero attached hydrogens (tertiary/aromatic N) is 2. The summed E-state index contributed by atoms with van der Waals surface area (Å²) < 4.78 is 0. The molecule has 0 saturated carbocycles. The fourth-order valence-corrected chi connectivity index (χ4v) is 4.89. The lowest BCUT2D eigenvalue weighted by Gasteiger charge is -2.29. The van der Waals surface area contributed by atoms with E-state index in [0.29, 0.717) is 25.2 Å². The molecule has 0 unspecified atom stereocenters. The summed E-state index contributed by atoms with van der Waals surface area (Å²) >= 11 is 1.64. The predicted molar refractivity (Wildman–Crippen MR) is 148 cm³/mol. The van der Waals surface area contributed by atoms with E-state index >= 15 is 0 Å². The van der Waals surface area contributed by atoms with Crippen LogP contribution < -0.4 is 0 Å². The standard InChI is InChI=1S/C31H32N2O2S/c1-24(2)20-33(31(35)28-17-15-27(16-18-28)26-12-7-4-8-13-26)23-30(34)32(22-29-14-9-19-36-29)21-25-10-5-3-6-11-25/h3-19,24H,20-23H2,1-2H3. The van der Waals surface area contributed by atoms with Crippen molar-refractivity contribution >= 4 is 23.2 Å². The molecule has 2 amide bonds. The van der Waals surface area contributed by atoms with Crippen molar-refractivity contribution in [2.24, 2.45) is 5.92 Å². The van der Waals surface area contributed by atoms with E-state index in [0.717, 1.165) is 21.6 Å². The Morgan fingerprint density at radius 1 is 0.722 bits per heavy atom. The van der Waals surface area contributed by atoms with Crippen LogP contribution in [0.25, 0.3) is 11.1 Å². The van der Waals surface area contributed by atoms with Gasteiger partial charge in [-0.3, -0.25) is 9.59 Å². The lowest BCUT2D eigenvalue weighted by atomic mass is 10.0. The molecule has 0 atom stereocenters. The van der Waals surface area contributed by atoms with Crippen molar-refractivity contribution in [1.82, 2.24) is 9.80 Å². The van der Waals surface area contributed by atoms with Gasteiger partial charge >= 0.3 is 0 Å². The minimum absolute atomic E-state index is 0.0512. The molecule has 1 aromatic heterocycles. The van der Waals surface area contributed by atoms with Crippen molar-refractivity contribution < 1.29 is 9.59 Å². The number of benzene rings is 3. The van der Waals surface area contributed by atoms with E-state index in [1.165, 1.54) is 0 Å². The number of rotatable bonds is 10. The molecular weight excluding hydrogens is 464 g/mol. The predicted octanol–water partition coefficient (Wildman–Crippen LogP) is 6.74. The first-order chi connectivity index (χ1) is 17.5. The van der Waals surface area contributed by atoms with Crippen molar-refractivity contribution in [1.29, 1.82) is 0 Å². The van der Waals surface area contributed by atoms with Gasteiger partial charge in [0.2, 0.25) is 5.91 Å². The normalized spacial score (nSPS) is 10.9. The van der Waals surface area contributed by atoms with Gasteiger partial charge in [-0.1, -0.05) is 92.7 Å². The maximum atomic E-state index is 13.6. The summed E-state index contributed by atoms with van der Waals surface area (Å²) in [6.07, 6.45) is 0. The highest BCUT2D eigenvalue weighted by Gasteiger charge is 2.24. The molecule has 0 aliphatic carbocycles. The maximum absolute atomic E-state index is 13.6. The summed E-state index contributed by atoms with van der Waals surface area (Å²) in [6.45, 7) is 5.74. The smallest absolute Gasteiger partial charge is 0.254 e. The van der Waals surface area contributed by atoms with E-state index in [1.807, 2.05) is 95.2 Å². The third-order valence-electron chi connectivity index (χ3n) is 5.93. The Kier molecular flexibility index (Phi) is 8.69. The zero-order valence-corrected chi connectivity index (χ0v) is 21.7. The van der Waals surface area contributed by atoms with E-state index in [4.69, 9.17) is 0 Å². The van der Waals surface area contributed by atoms with Crippen molar-refractivity contribution in [3.8, 4) is 11.1 Å². The Bertz CT molecular complexity index is 1240. The highest BCUT2D eigenvalue weighted by molar-refractivity contribution is 7.09. The first kappa shape index (κ1) is 25.4. The second kappa shape index (κ2) is 12.3. The molecule has 4 nitrogen and oxygen atoms in total. The first-order valence-electron chi connectivity index (χ1n) is 12.3. The summed E-state index contributed by atoms with van der Waals surface area (Å²) in [6, 6.07) is 31.8. The van der Waals surface area contributed by atoms with E-state index in [2.05, 4.69) is 26.0 Å². The lowest BCUT2D eigenvalue weighted by molar-refractivity contribution is -0.133. The molecule has 1 heterocycles. The summed E-state index contributed by atoms with van der Waals surface area (Å²) in [5, 5.41) is 2.02. The number of hydrogen-bond acceptors (Lipinski definition) is 3. The van der Waals surface area contributed by atoms with Gasteiger partial charge in [-0.15, -0.1) is 11.3 Å². The van der Waals surface area contributed by atoms with Gasteiger partial charge in [0.05, 0.1) is 6.54 Å². The Balaban J connectivity index is 1.52.